The van der Waals surface area contributed by atoms with Crippen molar-refractivity contribution in [1.82, 2.24) is 10.2 Å². The van der Waals surface area contributed by atoms with Crippen LogP contribution in [0.2, 0.25) is 0 Å². The lowest BCUT2D eigenvalue weighted by atomic mass is 9.98. The average Bonchev–Trinajstić information content (AvgIpc) is 2.68. The molecule has 0 saturated carbocycles. The van der Waals surface area contributed by atoms with Gasteiger partial charge in [0.15, 0.2) is 0 Å². The van der Waals surface area contributed by atoms with Gasteiger partial charge in [0.25, 0.3) is 0 Å². The predicted molar refractivity (Wildman–Crippen MR) is 85.5 cm³/mol. The van der Waals surface area contributed by atoms with Gasteiger partial charge in [0.05, 0.1) is 5.92 Å². The molecule has 1 N–H and O–H groups in total. The summed E-state index contributed by atoms with van der Waals surface area (Å²) in [5.74, 6) is -0.602. The molecule has 2 fully saturated rings. The van der Waals surface area contributed by atoms with Gasteiger partial charge in [-0.1, -0.05) is 13.3 Å². The van der Waals surface area contributed by atoms with E-state index in [0.29, 0.717) is 25.9 Å². The zero-order chi connectivity index (χ0) is 17.2. The lowest BCUT2D eigenvalue weighted by Gasteiger charge is -2.24. The largest absolute Gasteiger partial charge is 0.460 e. The topological polar surface area (TPSA) is 75.7 Å². The molecule has 0 aromatic rings. The van der Waals surface area contributed by atoms with Crippen molar-refractivity contribution in [2.45, 2.75) is 65.0 Å². The van der Waals surface area contributed by atoms with Crippen molar-refractivity contribution in [3.8, 4) is 0 Å². The number of carbonyl (C=O) groups excluding carboxylic acids is 3. The molecule has 0 unspecified atom stereocenters. The lowest BCUT2D eigenvalue weighted by Crippen LogP contribution is -2.47. The van der Waals surface area contributed by atoms with E-state index >= 15 is 0 Å². The zero-order valence-corrected chi connectivity index (χ0v) is 14.6. The first-order valence-electron chi connectivity index (χ1n) is 8.48. The van der Waals surface area contributed by atoms with Crippen molar-refractivity contribution in [2.24, 2.45) is 11.8 Å². The fourth-order valence-electron chi connectivity index (χ4n) is 3.21. The highest BCUT2D eigenvalue weighted by atomic mass is 16.6. The summed E-state index contributed by atoms with van der Waals surface area (Å²) in [7, 11) is 0. The van der Waals surface area contributed by atoms with Gasteiger partial charge in [-0.2, -0.15) is 0 Å². The third-order valence-electron chi connectivity index (χ3n) is 4.41. The maximum atomic E-state index is 12.7. The Morgan fingerprint density at radius 2 is 1.91 bits per heavy atom. The minimum absolute atomic E-state index is 0.0585. The van der Waals surface area contributed by atoms with Crippen molar-refractivity contribution >= 4 is 17.8 Å². The van der Waals surface area contributed by atoms with Crippen LogP contribution in [-0.2, 0) is 19.1 Å². The van der Waals surface area contributed by atoms with E-state index in [0.717, 1.165) is 12.8 Å². The van der Waals surface area contributed by atoms with E-state index in [-0.39, 0.29) is 29.6 Å². The summed E-state index contributed by atoms with van der Waals surface area (Å²) in [6, 6.07) is -0.449. The Morgan fingerprint density at radius 1 is 1.22 bits per heavy atom. The summed E-state index contributed by atoms with van der Waals surface area (Å²) in [4.78, 5) is 38.3. The Labute approximate surface area is 137 Å². The van der Waals surface area contributed by atoms with Crippen molar-refractivity contribution in [2.75, 3.05) is 13.1 Å². The second-order valence-corrected chi connectivity index (χ2v) is 7.73. The van der Waals surface area contributed by atoms with E-state index in [1.807, 2.05) is 27.7 Å². The molecular formula is C17H28N2O4. The van der Waals surface area contributed by atoms with Crippen molar-refractivity contribution in [3.63, 3.8) is 0 Å². The van der Waals surface area contributed by atoms with Gasteiger partial charge in [-0.15, -0.1) is 0 Å². The number of rotatable bonds is 2. The molecule has 0 aliphatic carbocycles. The molecule has 2 rings (SSSR count). The first-order chi connectivity index (χ1) is 10.7. The molecule has 2 heterocycles. The number of esters is 1. The molecule has 2 amide bonds. The van der Waals surface area contributed by atoms with E-state index < -0.39 is 11.6 Å². The van der Waals surface area contributed by atoms with Crippen LogP contribution in [0.15, 0.2) is 0 Å². The van der Waals surface area contributed by atoms with E-state index in [9.17, 15) is 14.4 Å². The van der Waals surface area contributed by atoms with Gasteiger partial charge in [0.1, 0.15) is 11.6 Å². The minimum Gasteiger partial charge on any atom is -0.460 e. The Balaban J connectivity index is 1.98. The fraction of sp³-hybridized carbons (Fsp3) is 0.824. The maximum absolute atomic E-state index is 12.7. The van der Waals surface area contributed by atoms with Gasteiger partial charge >= 0.3 is 5.97 Å². The number of hydrogen-bond donors (Lipinski definition) is 1. The Morgan fingerprint density at radius 3 is 2.57 bits per heavy atom. The second-order valence-electron chi connectivity index (χ2n) is 7.73. The summed E-state index contributed by atoms with van der Waals surface area (Å²) in [6.07, 6.45) is 2.86. The highest BCUT2D eigenvalue weighted by molar-refractivity contribution is 5.88. The first kappa shape index (κ1) is 17.8. The van der Waals surface area contributed by atoms with Crippen LogP contribution < -0.4 is 5.32 Å². The molecule has 0 aromatic carbocycles. The SMILES string of the molecule is C[C@@H]1CN(C(=O)[C@@H]2CCCCC(=O)N2)C[C@H]1C(=O)OC(C)(C)C. The van der Waals surface area contributed by atoms with Gasteiger partial charge in [-0.25, -0.2) is 0 Å². The predicted octanol–water partition coefficient (Wildman–Crippen LogP) is 1.48. The van der Waals surface area contributed by atoms with Gasteiger partial charge in [-0.05, 0) is 39.5 Å². The number of amides is 2. The molecule has 23 heavy (non-hydrogen) atoms. The second kappa shape index (κ2) is 6.89. The fourth-order valence-corrected chi connectivity index (χ4v) is 3.21. The summed E-state index contributed by atoms with van der Waals surface area (Å²) in [6.45, 7) is 8.40. The van der Waals surface area contributed by atoms with E-state index in [2.05, 4.69) is 5.32 Å². The molecule has 3 atom stereocenters. The molecule has 0 radical (unpaired) electrons. The number of carbonyl (C=O) groups is 3. The Kier molecular flexibility index (Phi) is 5.32. The lowest BCUT2D eigenvalue weighted by molar-refractivity contribution is -0.160. The van der Waals surface area contributed by atoms with Crippen LogP contribution >= 0.6 is 0 Å². The van der Waals surface area contributed by atoms with Crippen LogP contribution in [0.1, 0.15) is 53.4 Å². The number of likely N-dealkylation sites (tertiary alicyclic amines) is 1. The Bertz CT molecular complexity index is 483. The van der Waals surface area contributed by atoms with Gasteiger partial charge in [0, 0.05) is 19.5 Å². The highest BCUT2D eigenvalue weighted by Crippen LogP contribution is 2.27. The number of hydrogen-bond acceptors (Lipinski definition) is 4. The molecule has 6 heteroatoms. The first-order valence-corrected chi connectivity index (χ1v) is 8.48. The van der Waals surface area contributed by atoms with Crippen LogP contribution in [0.4, 0.5) is 0 Å². The third-order valence-corrected chi connectivity index (χ3v) is 4.41. The zero-order valence-electron chi connectivity index (χ0n) is 14.6. The van der Waals surface area contributed by atoms with Crippen LogP contribution in [-0.4, -0.2) is 47.4 Å². The number of ether oxygens (including phenoxy) is 1. The molecule has 130 valence electrons. The van der Waals surface area contributed by atoms with Crippen LogP contribution in [0.5, 0.6) is 0 Å². The van der Waals surface area contributed by atoms with Crippen LogP contribution in [0.3, 0.4) is 0 Å². The summed E-state index contributed by atoms with van der Waals surface area (Å²) < 4.78 is 5.46. The standard InChI is InChI=1S/C17H28N2O4/c1-11-9-19(10-12(11)16(22)23-17(2,3)4)15(21)13-7-5-6-8-14(20)18-13/h11-13H,5-10H2,1-4H3,(H,18,20)/t11-,12-,13+/m1/s1. The number of nitrogens with zero attached hydrogens (tertiary/aromatic N) is 1. The molecule has 0 spiro atoms. The molecular weight excluding hydrogens is 296 g/mol. The molecule has 0 bridgehead atoms. The highest BCUT2D eigenvalue weighted by Gasteiger charge is 2.41. The van der Waals surface area contributed by atoms with Crippen LogP contribution in [0, 0.1) is 11.8 Å². The van der Waals surface area contributed by atoms with Gasteiger partial charge < -0.3 is 15.0 Å². The van der Waals surface area contributed by atoms with Gasteiger partial charge in [-0.3, -0.25) is 14.4 Å². The van der Waals surface area contributed by atoms with Crippen molar-refractivity contribution in [1.29, 1.82) is 0 Å². The molecule has 2 saturated heterocycles. The summed E-state index contributed by atoms with van der Waals surface area (Å²) in [5, 5.41) is 2.81. The van der Waals surface area contributed by atoms with Crippen molar-refractivity contribution in [3.05, 3.63) is 0 Å². The van der Waals surface area contributed by atoms with E-state index in [1.165, 1.54) is 0 Å². The molecule has 6 nitrogen and oxygen atoms in total. The van der Waals surface area contributed by atoms with Gasteiger partial charge in [0.2, 0.25) is 11.8 Å². The molecule has 0 aromatic heterocycles. The minimum atomic E-state index is -0.524. The summed E-state index contributed by atoms with van der Waals surface area (Å²) >= 11 is 0. The third kappa shape index (κ3) is 4.69. The average molecular weight is 324 g/mol. The van der Waals surface area contributed by atoms with E-state index in [4.69, 9.17) is 4.74 Å². The number of nitrogens with one attached hydrogen (secondary N) is 1. The summed E-state index contributed by atoms with van der Waals surface area (Å²) in [5.41, 5.74) is -0.524. The van der Waals surface area contributed by atoms with Crippen molar-refractivity contribution < 1.29 is 19.1 Å². The smallest absolute Gasteiger partial charge is 0.311 e. The molecule has 2 aliphatic heterocycles. The molecule has 2 aliphatic rings. The van der Waals surface area contributed by atoms with Crippen LogP contribution in [0.25, 0.3) is 0 Å². The normalized spacial score (nSPS) is 29.0. The Hall–Kier alpha value is -1.59. The monoisotopic (exact) mass is 324 g/mol. The van der Waals surface area contributed by atoms with E-state index in [1.54, 1.807) is 4.90 Å². The maximum Gasteiger partial charge on any atom is 0.311 e. The quantitative estimate of drug-likeness (QED) is 0.781.